The van der Waals surface area contributed by atoms with E-state index in [9.17, 15) is 4.39 Å². The molecule has 0 aliphatic carbocycles. The lowest BCUT2D eigenvalue weighted by atomic mass is 9.87. The smallest absolute Gasteiger partial charge is 0.244 e. The minimum Gasteiger partial charge on any atom is -0.338 e. The van der Waals surface area contributed by atoms with E-state index in [1.54, 1.807) is 6.07 Å². The summed E-state index contributed by atoms with van der Waals surface area (Å²) < 4.78 is 18.2. The Morgan fingerprint density at radius 2 is 2.10 bits per heavy atom. The van der Waals surface area contributed by atoms with Crippen LogP contribution in [0.3, 0.4) is 0 Å². The predicted octanol–water partition coefficient (Wildman–Crippen LogP) is 3.50. The first kappa shape index (κ1) is 14.9. The van der Waals surface area contributed by atoms with Crippen LogP contribution < -0.4 is 5.73 Å². The molecule has 0 saturated carbocycles. The van der Waals surface area contributed by atoms with Gasteiger partial charge in [0.1, 0.15) is 5.82 Å². The lowest BCUT2D eigenvalue weighted by Crippen LogP contribution is -2.26. The second-order valence-electron chi connectivity index (χ2n) is 5.81. The number of nitrogens with zero attached hydrogens (tertiary/aromatic N) is 2. The Balaban J connectivity index is 2.18. The van der Waals surface area contributed by atoms with E-state index in [4.69, 9.17) is 21.9 Å². The number of rotatable bonds is 3. The van der Waals surface area contributed by atoms with Crippen molar-refractivity contribution in [2.45, 2.75) is 33.2 Å². The van der Waals surface area contributed by atoms with E-state index in [2.05, 4.69) is 10.1 Å². The minimum atomic E-state index is -0.373. The fourth-order valence-electron chi connectivity index (χ4n) is 1.67. The Bertz CT molecular complexity index is 607. The SMILES string of the molecule is CC(C)(C)[C@@H](N)c1nc(Cc2ccc(F)cc2Cl)no1. The lowest BCUT2D eigenvalue weighted by molar-refractivity contribution is 0.252. The second kappa shape index (κ2) is 5.50. The van der Waals surface area contributed by atoms with Gasteiger partial charge in [-0.25, -0.2) is 4.39 Å². The zero-order chi connectivity index (χ0) is 14.9. The molecule has 0 amide bonds. The summed E-state index contributed by atoms with van der Waals surface area (Å²) >= 11 is 5.97. The topological polar surface area (TPSA) is 64.9 Å². The highest BCUT2D eigenvalue weighted by Gasteiger charge is 2.27. The molecule has 0 bridgehead atoms. The molecule has 1 aromatic carbocycles. The lowest BCUT2D eigenvalue weighted by Gasteiger charge is -2.23. The summed E-state index contributed by atoms with van der Waals surface area (Å²) in [5.74, 6) is 0.501. The zero-order valence-corrected chi connectivity index (χ0v) is 12.4. The van der Waals surface area contributed by atoms with Gasteiger partial charge in [-0.05, 0) is 23.1 Å². The maximum atomic E-state index is 13.0. The third-order valence-corrected chi connectivity index (χ3v) is 3.40. The van der Waals surface area contributed by atoms with E-state index >= 15 is 0 Å². The van der Waals surface area contributed by atoms with Crippen molar-refractivity contribution >= 4 is 11.6 Å². The molecule has 2 N–H and O–H groups in total. The van der Waals surface area contributed by atoms with Gasteiger partial charge in [-0.3, -0.25) is 0 Å². The monoisotopic (exact) mass is 297 g/mol. The van der Waals surface area contributed by atoms with Crippen molar-refractivity contribution in [3.05, 3.63) is 46.3 Å². The number of aromatic nitrogens is 2. The van der Waals surface area contributed by atoms with Gasteiger partial charge in [0.15, 0.2) is 5.82 Å². The van der Waals surface area contributed by atoms with Crippen molar-refractivity contribution in [3.8, 4) is 0 Å². The zero-order valence-electron chi connectivity index (χ0n) is 11.7. The summed E-state index contributed by atoms with van der Waals surface area (Å²) in [6.07, 6.45) is 0.374. The summed E-state index contributed by atoms with van der Waals surface area (Å²) in [7, 11) is 0. The van der Waals surface area contributed by atoms with Gasteiger partial charge in [0.25, 0.3) is 0 Å². The molecule has 4 nitrogen and oxygen atoms in total. The summed E-state index contributed by atoms with van der Waals surface area (Å²) in [4.78, 5) is 4.28. The summed E-state index contributed by atoms with van der Waals surface area (Å²) in [5.41, 5.74) is 6.63. The molecule has 0 aliphatic rings. The Morgan fingerprint density at radius 3 is 2.70 bits per heavy atom. The van der Waals surface area contributed by atoms with Crippen molar-refractivity contribution in [1.29, 1.82) is 0 Å². The maximum absolute atomic E-state index is 13.0. The predicted molar refractivity (Wildman–Crippen MR) is 74.9 cm³/mol. The molecule has 0 radical (unpaired) electrons. The highest BCUT2D eigenvalue weighted by molar-refractivity contribution is 6.31. The van der Waals surface area contributed by atoms with Crippen LogP contribution in [0.25, 0.3) is 0 Å². The molecule has 0 unspecified atom stereocenters. The fraction of sp³-hybridized carbons (Fsp3) is 0.429. The Morgan fingerprint density at radius 1 is 1.40 bits per heavy atom. The number of nitrogens with two attached hydrogens (primary N) is 1. The van der Waals surface area contributed by atoms with Crippen LogP contribution in [0.4, 0.5) is 4.39 Å². The van der Waals surface area contributed by atoms with Crippen LogP contribution in [0.1, 0.15) is 44.1 Å². The molecule has 1 atom stereocenters. The van der Waals surface area contributed by atoms with Gasteiger partial charge >= 0.3 is 0 Å². The Kier molecular flexibility index (Phi) is 4.11. The second-order valence-corrected chi connectivity index (χ2v) is 6.21. The number of benzene rings is 1. The molecule has 1 aromatic heterocycles. The van der Waals surface area contributed by atoms with E-state index in [-0.39, 0.29) is 17.3 Å². The largest absolute Gasteiger partial charge is 0.338 e. The van der Waals surface area contributed by atoms with Crippen LogP contribution in [-0.4, -0.2) is 10.1 Å². The first-order valence-electron chi connectivity index (χ1n) is 6.29. The highest BCUT2D eigenvalue weighted by atomic mass is 35.5. The molecule has 2 aromatic rings. The van der Waals surface area contributed by atoms with Gasteiger partial charge < -0.3 is 10.3 Å². The first-order valence-corrected chi connectivity index (χ1v) is 6.67. The van der Waals surface area contributed by atoms with Gasteiger partial charge in [-0.2, -0.15) is 4.98 Å². The number of hydrogen-bond donors (Lipinski definition) is 1. The molecular formula is C14H17ClFN3O. The van der Waals surface area contributed by atoms with Gasteiger partial charge in [-0.15, -0.1) is 0 Å². The van der Waals surface area contributed by atoms with Crippen molar-refractivity contribution in [3.63, 3.8) is 0 Å². The van der Waals surface area contributed by atoms with Crippen LogP contribution in [0.15, 0.2) is 22.7 Å². The van der Waals surface area contributed by atoms with E-state index in [0.29, 0.717) is 23.2 Å². The molecular weight excluding hydrogens is 281 g/mol. The Labute approximate surface area is 122 Å². The van der Waals surface area contributed by atoms with Crippen molar-refractivity contribution in [1.82, 2.24) is 10.1 Å². The molecule has 0 spiro atoms. The number of halogens is 2. The molecule has 0 saturated heterocycles. The van der Waals surface area contributed by atoms with Crippen LogP contribution in [0.5, 0.6) is 0 Å². The molecule has 0 fully saturated rings. The molecule has 0 aliphatic heterocycles. The van der Waals surface area contributed by atoms with Gasteiger partial charge in [0, 0.05) is 11.4 Å². The van der Waals surface area contributed by atoms with Crippen molar-refractivity contribution in [2.24, 2.45) is 11.1 Å². The minimum absolute atomic E-state index is 0.169. The average molecular weight is 298 g/mol. The van der Waals surface area contributed by atoms with Crippen LogP contribution in [-0.2, 0) is 6.42 Å². The van der Waals surface area contributed by atoms with Crippen molar-refractivity contribution < 1.29 is 8.91 Å². The highest BCUT2D eigenvalue weighted by Crippen LogP contribution is 2.29. The van der Waals surface area contributed by atoms with Crippen LogP contribution in [0.2, 0.25) is 5.02 Å². The van der Waals surface area contributed by atoms with E-state index < -0.39 is 0 Å². The van der Waals surface area contributed by atoms with E-state index in [1.807, 2.05) is 20.8 Å². The molecule has 108 valence electrons. The van der Waals surface area contributed by atoms with Gasteiger partial charge in [0.2, 0.25) is 5.89 Å². The van der Waals surface area contributed by atoms with Gasteiger partial charge in [0.05, 0.1) is 6.04 Å². The van der Waals surface area contributed by atoms with Crippen LogP contribution >= 0.6 is 11.6 Å². The van der Waals surface area contributed by atoms with Crippen LogP contribution in [0, 0.1) is 11.2 Å². The fourth-order valence-corrected chi connectivity index (χ4v) is 1.91. The maximum Gasteiger partial charge on any atom is 0.244 e. The average Bonchev–Trinajstić information content (AvgIpc) is 2.79. The molecule has 1 heterocycles. The molecule has 2 rings (SSSR count). The normalized spacial score (nSPS) is 13.5. The molecule has 6 heteroatoms. The third kappa shape index (κ3) is 3.35. The molecule has 20 heavy (non-hydrogen) atoms. The Hall–Kier alpha value is -1.46. The van der Waals surface area contributed by atoms with E-state index in [0.717, 1.165) is 5.56 Å². The van der Waals surface area contributed by atoms with E-state index in [1.165, 1.54) is 12.1 Å². The summed E-state index contributed by atoms with van der Waals surface area (Å²) in [6, 6.07) is 3.88. The summed E-state index contributed by atoms with van der Waals surface area (Å²) in [5, 5.41) is 4.24. The number of hydrogen-bond acceptors (Lipinski definition) is 4. The third-order valence-electron chi connectivity index (χ3n) is 3.05. The first-order chi connectivity index (χ1) is 9.27. The van der Waals surface area contributed by atoms with Crippen molar-refractivity contribution in [2.75, 3.05) is 0 Å². The summed E-state index contributed by atoms with van der Waals surface area (Å²) in [6.45, 7) is 6.00. The quantitative estimate of drug-likeness (QED) is 0.941. The standard InChI is InChI=1S/C14H17ClFN3O/c1-14(2,3)12(17)13-18-11(19-20-13)6-8-4-5-9(16)7-10(8)15/h4-5,7,12H,6,17H2,1-3H3/t12-/m0/s1. The van der Waals surface area contributed by atoms with Gasteiger partial charge in [-0.1, -0.05) is 43.6 Å².